The number of nitrogens with zero attached hydrogens (tertiary/aromatic N) is 2. The van der Waals surface area contributed by atoms with E-state index in [1.54, 1.807) is 18.4 Å². The molecule has 2 aromatic carbocycles. The predicted molar refractivity (Wildman–Crippen MR) is 128 cm³/mol. The monoisotopic (exact) mass is 428 g/mol. The summed E-state index contributed by atoms with van der Waals surface area (Å²) >= 11 is 0. The van der Waals surface area contributed by atoms with E-state index < -0.39 is 0 Å². The van der Waals surface area contributed by atoms with Gasteiger partial charge in [0.15, 0.2) is 5.76 Å². The highest BCUT2D eigenvalue weighted by Gasteiger charge is 2.36. The van der Waals surface area contributed by atoms with Gasteiger partial charge in [-0.25, -0.2) is 0 Å². The highest BCUT2D eigenvalue weighted by molar-refractivity contribution is 6.04. The molecular weight excluding hydrogens is 396 g/mol. The summed E-state index contributed by atoms with van der Waals surface area (Å²) in [5.74, 6) is 0.990. The van der Waals surface area contributed by atoms with Crippen LogP contribution >= 0.6 is 0 Å². The van der Waals surface area contributed by atoms with Crippen LogP contribution in [-0.2, 0) is 0 Å². The van der Waals surface area contributed by atoms with E-state index in [0.29, 0.717) is 17.7 Å². The van der Waals surface area contributed by atoms with Crippen molar-refractivity contribution in [1.82, 2.24) is 4.90 Å². The Hall–Kier alpha value is -2.85. The number of likely N-dealkylation sites (tertiary alicyclic amines) is 1. The number of rotatable bonds is 5. The van der Waals surface area contributed by atoms with Crippen molar-refractivity contribution in [2.24, 2.45) is 0 Å². The number of benzene rings is 2. The minimum atomic E-state index is -0.0421. The molecule has 1 saturated heterocycles. The Morgan fingerprint density at radius 2 is 1.50 bits per heavy atom. The van der Waals surface area contributed by atoms with Crippen LogP contribution in [0.3, 0.4) is 0 Å². The Kier molecular flexibility index (Phi) is 6.40. The molecule has 2 fully saturated rings. The van der Waals surface area contributed by atoms with Crippen LogP contribution in [0, 0.1) is 0 Å². The van der Waals surface area contributed by atoms with Gasteiger partial charge in [0, 0.05) is 30.9 Å². The molecule has 0 N–H and O–H groups in total. The minimum absolute atomic E-state index is 0.0421. The van der Waals surface area contributed by atoms with Crippen molar-refractivity contribution in [3.05, 3.63) is 90.4 Å². The van der Waals surface area contributed by atoms with Crippen LogP contribution in [0.1, 0.15) is 60.6 Å². The van der Waals surface area contributed by atoms with Crippen LogP contribution in [0.25, 0.3) is 0 Å². The molecule has 1 saturated carbocycles. The highest BCUT2D eigenvalue weighted by Crippen LogP contribution is 2.38. The Morgan fingerprint density at radius 3 is 2.19 bits per heavy atom. The van der Waals surface area contributed by atoms with E-state index in [-0.39, 0.29) is 11.9 Å². The van der Waals surface area contributed by atoms with Crippen molar-refractivity contribution in [3.63, 3.8) is 0 Å². The van der Waals surface area contributed by atoms with Gasteiger partial charge in [-0.3, -0.25) is 9.69 Å². The largest absolute Gasteiger partial charge is 0.459 e. The first-order valence-corrected chi connectivity index (χ1v) is 12.0. The summed E-state index contributed by atoms with van der Waals surface area (Å²) in [5, 5.41) is 0. The fraction of sp³-hybridized carbons (Fsp3) is 0.393. The van der Waals surface area contributed by atoms with Crippen molar-refractivity contribution < 1.29 is 9.21 Å². The van der Waals surface area contributed by atoms with Crippen LogP contribution in [0.2, 0.25) is 0 Å². The lowest BCUT2D eigenvalue weighted by atomic mass is 9.78. The Morgan fingerprint density at radius 1 is 0.812 bits per heavy atom. The quantitative estimate of drug-likeness (QED) is 0.491. The molecule has 1 aliphatic heterocycles. The molecule has 0 radical (unpaired) electrons. The molecule has 2 heterocycles. The number of piperidine rings is 1. The predicted octanol–water partition coefficient (Wildman–Crippen LogP) is 6.12. The van der Waals surface area contributed by atoms with Gasteiger partial charge in [0.1, 0.15) is 0 Å². The van der Waals surface area contributed by atoms with E-state index in [0.717, 1.165) is 31.6 Å². The summed E-state index contributed by atoms with van der Waals surface area (Å²) in [7, 11) is 0. The average molecular weight is 429 g/mol. The molecule has 32 heavy (non-hydrogen) atoms. The third-order valence-electron chi connectivity index (χ3n) is 7.28. The number of hydrogen-bond acceptors (Lipinski definition) is 3. The molecule has 4 nitrogen and oxygen atoms in total. The van der Waals surface area contributed by atoms with Gasteiger partial charge < -0.3 is 9.32 Å². The summed E-state index contributed by atoms with van der Waals surface area (Å²) in [6, 6.07) is 25.4. The van der Waals surface area contributed by atoms with Crippen LogP contribution in [-0.4, -0.2) is 36.0 Å². The second kappa shape index (κ2) is 9.74. The maximum Gasteiger partial charge on any atom is 0.294 e. The first-order valence-electron chi connectivity index (χ1n) is 12.0. The van der Waals surface area contributed by atoms with Crippen molar-refractivity contribution in [3.8, 4) is 0 Å². The topological polar surface area (TPSA) is 36.7 Å². The molecule has 1 aliphatic carbocycles. The van der Waals surface area contributed by atoms with E-state index in [1.807, 2.05) is 35.2 Å². The molecule has 2 aliphatic rings. The molecule has 1 aromatic heterocycles. The molecule has 1 amide bonds. The molecule has 0 bridgehead atoms. The van der Waals surface area contributed by atoms with E-state index in [9.17, 15) is 4.79 Å². The molecule has 166 valence electrons. The van der Waals surface area contributed by atoms with Crippen molar-refractivity contribution in [1.29, 1.82) is 0 Å². The number of anilines is 1. The van der Waals surface area contributed by atoms with E-state index in [2.05, 4.69) is 35.2 Å². The maximum absolute atomic E-state index is 13.3. The second-order valence-electron chi connectivity index (χ2n) is 9.12. The zero-order valence-electron chi connectivity index (χ0n) is 18.6. The highest BCUT2D eigenvalue weighted by atomic mass is 16.3. The third kappa shape index (κ3) is 4.37. The smallest absolute Gasteiger partial charge is 0.294 e. The summed E-state index contributed by atoms with van der Waals surface area (Å²) in [4.78, 5) is 18.0. The van der Waals surface area contributed by atoms with Gasteiger partial charge >= 0.3 is 0 Å². The van der Waals surface area contributed by atoms with Crippen LogP contribution in [0.15, 0.2) is 83.5 Å². The van der Waals surface area contributed by atoms with Crippen LogP contribution in [0.4, 0.5) is 5.69 Å². The summed E-state index contributed by atoms with van der Waals surface area (Å²) in [6.07, 6.45) is 8.75. The molecule has 5 rings (SSSR count). The Balaban J connectivity index is 1.32. The number of furan rings is 1. The lowest BCUT2D eigenvalue weighted by molar-refractivity contribution is 0.0875. The lowest BCUT2D eigenvalue weighted by Crippen LogP contribution is -2.51. The molecular formula is C28H32N2O2. The van der Waals surface area contributed by atoms with Crippen molar-refractivity contribution in [2.75, 3.05) is 18.0 Å². The number of carbonyl (C=O) groups is 1. The van der Waals surface area contributed by atoms with Gasteiger partial charge in [-0.2, -0.15) is 0 Å². The molecule has 4 heteroatoms. The van der Waals surface area contributed by atoms with Gasteiger partial charge in [-0.15, -0.1) is 0 Å². The van der Waals surface area contributed by atoms with E-state index in [1.165, 1.54) is 31.2 Å². The zero-order chi connectivity index (χ0) is 21.8. The van der Waals surface area contributed by atoms with Gasteiger partial charge in [0.05, 0.1) is 6.26 Å². The SMILES string of the molecule is O=C(c1ccco1)N(c1ccccc1)C1CCN([C@@H]2CCCC[C@@H]2c2ccccc2)CC1. The molecule has 0 unspecified atom stereocenters. The van der Waals surface area contributed by atoms with E-state index in [4.69, 9.17) is 4.42 Å². The second-order valence-corrected chi connectivity index (χ2v) is 9.12. The molecule has 2 atom stereocenters. The normalized spacial score (nSPS) is 22.5. The van der Waals surface area contributed by atoms with Crippen LogP contribution < -0.4 is 4.90 Å². The number of para-hydroxylation sites is 1. The number of hydrogen-bond donors (Lipinski definition) is 0. The summed E-state index contributed by atoms with van der Waals surface area (Å²) < 4.78 is 5.47. The maximum atomic E-state index is 13.3. The van der Waals surface area contributed by atoms with Gasteiger partial charge in [-0.05, 0) is 61.4 Å². The Bertz CT molecular complexity index is 979. The van der Waals surface area contributed by atoms with Gasteiger partial charge in [0.25, 0.3) is 5.91 Å². The zero-order valence-corrected chi connectivity index (χ0v) is 18.6. The summed E-state index contributed by atoms with van der Waals surface area (Å²) in [5.41, 5.74) is 2.44. The van der Waals surface area contributed by atoms with Crippen molar-refractivity contribution >= 4 is 11.6 Å². The number of carbonyl (C=O) groups excluding carboxylic acids is 1. The van der Waals surface area contributed by atoms with Gasteiger partial charge in [-0.1, -0.05) is 61.4 Å². The summed E-state index contributed by atoms with van der Waals surface area (Å²) in [6.45, 7) is 2.07. The van der Waals surface area contributed by atoms with E-state index >= 15 is 0 Å². The Labute approximate surface area is 190 Å². The fourth-order valence-corrected chi connectivity index (χ4v) is 5.71. The van der Waals surface area contributed by atoms with Gasteiger partial charge in [0.2, 0.25) is 0 Å². The first-order chi connectivity index (χ1) is 15.8. The number of amides is 1. The third-order valence-corrected chi connectivity index (χ3v) is 7.28. The standard InChI is InChI=1S/C28H32N2O2/c31-28(27-16-9-21-32-27)30(23-12-5-2-6-13-23)24-17-19-29(20-18-24)26-15-8-7-14-25(26)22-10-3-1-4-11-22/h1-6,9-13,16,21,24-26H,7-8,14-15,17-20H2/t25-,26-/m1/s1. The average Bonchev–Trinajstić information content (AvgIpc) is 3.41. The van der Waals surface area contributed by atoms with Crippen LogP contribution in [0.5, 0.6) is 0 Å². The van der Waals surface area contributed by atoms with Crippen molar-refractivity contribution in [2.45, 2.75) is 56.5 Å². The minimum Gasteiger partial charge on any atom is -0.459 e. The fourth-order valence-electron chi connectivity index (χ4n) is 5.71. The molecule has 0 spiro atoms. The molecule has 3 aromatic rings. The lowest BCUT2D eigenvalue weighted by Gasteiger charge is -2.45. The first kappa shape index (κ1) is 21.0.